The van der Waals surface area contributed by atoms with Crippen molar-refractivity contribution in [1.82, 2.24) is 0 Å². The summed E-state index contributed by atoms with van der Waals surface area (Å²) in [6, 6.07) is 0. The van der Waals surface area contributed by atoms with E-state index in [1.54, 1.807) is 0 Å². The molecule has 0 aromatic carbocycles. The number of carbonyl (C=O) groups excluding carboxylic acids is 3. The molecule has 0 bridgehead atoms. The molecule has 0 saturated heterocycles. The van der Waals surface area contributed by atoms with Crippen LogP contribution in [0.4, 0.5) is 0 Å². The Morgan fingerprint density at radius 2 is 1.47 bits per heavy atom. The quantitative estimate of drug-likeness (QED) is 0.449. The Bertz CT molecular complexity index is 244. The molecule has 0 fully saturated rings. The third-order valence-corrected chi connectivity index (χ3v) is 1.31. The van der Waals surface area contributed by atoms with Gasteiger partial charge in [0.25, 0.3) is 0 Å². The van der Waals surface area contributed by atoms with Gasteiger partial charge in [-0.3, -0.25) is 0 Å². The largest absolute Gasteiger partial charge is 4.00 e. The Hall–Kier alpha value is -0.182. The van der Waals surface area contributed by atoms with E-state index in [0.29, 0.717) is 0 Å². The molecule has 0 aliphatic heterocycles. The van der Waals surface area contributed by atoms with Crippen LogP contribution >= 0.6 is 0 Å². The van der Waals surface area contributed by atoms with Gasteiger partial charge in [-0.25, -0.2) is 0 Å². The number of carboxylic acid groups (broad SMARTS) is 3. The summed E-state index contributed by atoms with van der Waals surface area (Å²) in [7, 11) is 0. The predicted molar refractivity (Wildman–Crippen MR) is 34.9 cm³/mol. The zero-order valence-corrected chi connectivity index (χ0v) is 11.8. The van der Waals surface area contributed by atoms with Gasteiger partial charge >= 0.3 is 44.0 Å². The minimum atomic E-state index is -2.41. The zero-order chi connectivity index (χ0) is 10.6. The van der Waals surface area contributed by atoms with Crippen LogP contribution in [0, 0.1) is 5.92 Å². The SMILES string of the molecule is O=C([O-])CC(C(=O)[O-])C(O)C(=O)[O-].[Sn+4].[Tc+4]. The summed E-state index contributed by atoms with van der Waals surface area (Å²) in [4.78, 5) is 30.0. The van der Waals surface area contributed by atoms with Crippen LogP contribution < -0.4 is 15.3 Å². The maximum Gasteiger partial charge on any atom is 4.00 e. The molecule has 0 aliphatic carbocycles. The smallest absolute Gasteiger partial charge is 0.550 e. The fraction of sp³-hybridized carbons (Fsp3) is 0.500. The van der Waals surface area contributed by atoms with Crippen molar-refractivity contribution in [3.63, 3.8) is 0 Å². The van der Waals surface area contributed by atoms with E-state index >= 15 is 0 Å². The second kappa shape index (κ2) is 9.07. The van der Waals surface area contributed by atoms with Gasteiger partial charge in [0.1, 0.15) is 6.10 Å². The van der Waals surface area contributed by atoms with Crippen LogP contribution in [0.15, 0.2) is 0 Å². The Balaban J connectivity index is -0.000000720. The van der Waals surface area contributed by atoms with Crippen molar-refractivity contribution in [3.05, 3.63) is 0 Å². The van der Waals surface area contributed by atoms with E-state index in [-0.39, 0.29) is 44.0 Å². The van der Waals surface area contributed by atoms with Gasteiger partial charge in [-0.1, -0.05) is 0 Å². The number of carboxylic acids is 3. The fourth-order valence-corrected chi connectivity index (χ4v) is 0.668. The van der Waals surface area contributed by atoms with Gasteiger partial charge in [0.05, 0.1) is 5.97 Å². The average molecular weight is 406 g/mol. The van der Waals surface area contributed by atoms with Gasteiger partial charge in [-0.15, -0.1) is 0 Å². The minimum Gasteiger partial charge on any atom is -0.550 e. The number of aliphatic carboxylic acids is 3. The van der Waals surface area contributed by atoms with E-state index < -0.39 is 36.4 Å². The first kappa shape index (κ1) is 20.3. The summed E-state index contributed by atoms with van der Waals surface area (Å²) in [5.74, 6) is -7.92. The molecule has 77 valence electrons. The van der Waals surface area contributed by atoms with Gasteiger partial charge in [-0.2, -0.15) is 0 Å². The van der Waals surface area contributed by atoms with Crippen molar-refractivity contribution in [2.75, 3.05) is 0 Å². The number of rotatable bonds is 5. The summed E-state index contributed by atoms with van der Waals surface area (Å²) in [6.45, 7) is 0. The Kier molecular flexibility index (Phi) is 12.3. The summed E-state index contributed by atoms with van der Waals surface area (Å²) in [6.07, 6.45) is -3.56. The normalized spacial score (nSPS) is 12.6. The summed E-state index contributed by atoms with van der Waals surface area (Å²) in [5, 5.41) is 38.6. The molecule has 0 aromatic heterocycles. The standard InChI is InChI=1S/C6H8O7.Sn.Tc/c7-3(8)1-2(5(10)11)4(9)6(12)13;;/h2,4,9H,1H2,(H,7,8)(H,10,11)(H,12,13);;/q;2*+4/p-3. The van der Waals surface area contributed by atoms with Crippen LogP contribution in [0.25, 0.3) is 0 Å². The van der Waals surface area contributed by atoms with E-state index in [1.165, 1.54) is 0 Å². The van der Waals surface area contributed by atoms with E-state index in [2.05, 4.69) is 0 Å². The topological polar surface area (TPSA) is 141 Å². The Morgan fingerprint density at radius 1 is 1.07 bits per heavy atom. The van der Waals surface area contributed by atoms with Crippen molar-refractivity contribution >= 4 is 41.8 Å². The minimum absolute atomic E-state index is 0. The first-order valence-electron chi connectivity index (χ1n) is 3.16. The molecule has 0 rings (SSSR count). The first-order valence-corrected chi connectivity index (χ1v) is 3.16. The van der Waals surface area contributed by atoms with Crippen LogP contribution in [0.1, 0.15) is 6.42 Å². The molecule has 0 aliphatic rings. The average Bonchev–Trinajstić information content (AvgIpc) is 1.97. The number of aliphatic hydroxyl groups is 1. The molecule has 0 heterocycles. The van der Waals surface area contributed by atoms with Crippen molar-refractivity contribution in [3.8, 4) is 0 Å². The number of hydrogen-bond acceptors (Lipinski definition) is 7. The Labute approximate surface area is 115 Å². The maximum absolute atomic E-state index is 10.1. The third-order valence-electron chi connectivity index (χ3n) is 1.31. The second-order valence-corrected chi connectivity index (χ2v) is 2.27. The van der Waals surface area contributed by atoms with Crippen molar-refractivity contribution in [2.24, 2.45) is 5.92 Å². The van der Waals surface area contributed by atoms with Crippen molar-refractivity contribution < 1.29 is 54.9 Å². The number of carbonyl (C=O) groups is 3. The van der Waals surface area contributed by atoms with Gasteiger partial charge in [0, 0.05) is 17.9 Å². The summed E-state index contributed by atoms with van der Waals surface area (Å²) in [5.41, 5.74) is 0. The van der Waals surface area contributed by atoms with Gasteiger partial charge in [0.15, 0.2) is 0 Å². The van der Waals surface area contributed by atoms with Crippen molar-refractivity contribution in [2.45, 2.75) is 12.5 Å². The molecule has 2 unspecified atom stereocenters. The van der Waals surface area contributed by atoms with Crippen LogP contribution in [0.3, 0.4) is 0 Å². The van der Waals surface area contributed by atoms with E-state index in [9.17, 15) is 29.7 Å². The van der Waals surface area contributed by atoms with Gasteiger partial charge in [0.2, 0.25) is 0 Å². The van der Waals surface area contributed by atoms with Crippen LogP contribution in [-0.2, 0) is 34.5 Å². The fourth-order valence-electron chi connectivity index (χ4n) is 0.668. The molecular weight excluding hydrogens is 401 g/mol. The molecule has 0 saturated carbocycles. The first-order chi connectivity index (χ1) is 5.86. The third kappa shape index (κ3) is 7.71. The zero-order valence-electron chi connectivity index (χ0n) is 7.14. The van der Waals surface area contributed by atoms with Crippen LogP contribution in [0.5, 0.6) is 0 Å². The molecule has 2 atom stereocenters. The predicted octanol–water partition coefficient (Wildman–Crippen LogP) is -5.78. The molecule has 15 heavy (non-hydrogen) atoms. The summed E-state index contributed by atoms with van der Waals surface area (Å²) < 4.78 is 0. The number of hydrogen-bond donors (Lipinski definition) is 1. The molecular formula is C6H5O7SnTc+5. The molecule has 0 aromatic rings. The van der Waals surface area contributed by atoms with Gasteiger partial charge in [-0.05, 0) is 6.42 Å². The van der Waals surface area contributed by atoms with Crippen LogP contribution in [0.2, 0.25) is 0 Å². The van der Waals surface area contributed by atoms with Crippen molar-refractivity contribution in [1.29, 1.82) is 0 Å². The molecule has 1 radical (unpaired) electrons. The van der Waals surface area contributed by atoms with E-state index in [4.69, 9.17) is 5.11 Å². The maximum atomic E-state index is 10.1. The van der Waals surface area contributed by atoms with Gasteiger partial charge < -0.3 is 34.8 Å². The Morgan fingerprint density at radius 3 is 1.67 bits per heavy atom. The molecule has 1 N–H and O–H groups in total. The monoisotopic (exact) mass is 406 g/mol. The molecule has 9 heteroatoms. The second-order valence-electron chi connectivity index (χ2n) is 2.27. The summed E-state index contributed by atoms with van der Waals surface area (Å²) >= 11 is 0. The molecule has 0 spiro atoms. The van der Waals surface area contributed by atoms with Crippen LogP contribution in [-0.4, -0.2) is 53.0 Å². The molecule has 7 nitrogen and oxygen atoms in total. The van der Waals surface area contributed by atoms with E-state index in [1.807, 2.05) is 0 Å². The number of aliphatic hydroxyl groups excluding tert-OH is 1. The van der Waals surface area contributed by atoms with E-state index in [0.717, 1.165) is 0 Å². The molecule has 0 amide bonds.